The Morgan fingerprint density at radius 3 is 2.42 bits per heavy atom. The summed E-state index contributed by atoms with van der Waals surface area (Å²) in [5.41, 5.74) is 3.12. The van der Waals surface area contributed by atoms with Crippen LogP contribution in [0, 0.1) is 5.82 Å². The van der Waals surface area contributed by atoms with Crippen molar-refractivity contribution in [3.8, 4) is 11.1 Å². The summed E-state index contributed by atoms with van der Waals surface area (Å²) in [4.78, 5) is 40.6. The summed E-state index contributed by atoms with van der Waals surface area (Å²) in [6.45, 7) is 0. The monoisotopic (exact) mass is 531 g/mol. The van der Waals surface area contributed by atoms with E-state index < -0.39 is 17.8 Å². The molecule has 9 heteroatoms. The van der Waals surface area contributed by atoms with E-state index in [-0.39, 0.29) is 37.1 Å². The van der Waals surface area contributed by atoms with Crippen LogP contribution < -0.4 is 5.56 Å². The Bertz CT molecular complexity index is 1610. The lowest BCUT2D eigenvalue weighted by atomic mass is 9.91. The van der Waals surface area contributed by atoms with Crippen LogP contribution in [0.5, 0.6) is 0 Å². The van der Waals surface area contributed by atoms with Gasteiger partial charge in [0.1, 0.15) is 5.82 Å². The van der Waals surface area contributed by atoms with Gasteiger partial charge in [-0.05, 0) is 47.9 Å². The van der Waals surface area contributed by atoms with Gasteiger partial charge in [0.15, 0.2) is 0 Å². The molecule has 2 heterocycles. The Morgan fingerprint density at radius 2 is 1.71 bits per heavy atom. The Hall–Kier alpha value is -4.30. The highest BCUT2D eigenvalue weighted by atomic mass is 35.5. The Morgan fingerprint density at radius 1 is 1.00 bits per heavy atom. The molecule has 0 saturated carbocycles. The van der Waals surface area contributed by atoms with Crippen molar-refractivity contribution >= 4 is 40.1 Å². The van der Waals surface area contributed by atoms with Crippen molar-refractivity contribution in [1.29, 1.82) is 0 Å². The van der Waals surface area contributed by atoms with Crippen LogP contribution in [0.4, 0.5) is 4.39 Å². The zero-order valence-corrected chi connectivity index (χ0v) is 20.9. The number of nitrogens with one attached hydrogen (secondary N) is 1. The van der Waals surface area contributed by atoms with E-state index in [1.54, 1.807) is 24.3 Å². The lowest BCUT2D eigenvalue weighted by Gasteiger charge is -2.22. The lowest BCUT2D eigenvalue weighted by molar-refractivity contribution is -0.137. The molecule has 1 atom stereocenters. The number of H-pyrrole nitrogens is 1. The third-order valence-corrected chi connectivity index (χ3v) is 6.80. The topological polar surface area (TPSA) is 103 Å². The average Bonchev–Trinajstić information content (AvgIpc) is 3.34. The Kier molecular flexibility index (Phi) is 7.07. The number of aliphatic carboxylic acids is 1. The molecular formula is C29H23ClFN3O4. The number of carbonyl (C=O) groups excluding carboxylic acids is 1. The van der Waals surface area contributed by atoms with Gasteiger partial charge in [0.2, 0.25) is 5.91 Å². The molecule has 0 radical (unpaired) electrons. The number of amides is 1. The number of benzene rings is 3. The first-order valence-electron chi connectivity index (χ1n) is 12.1. The van der Waals surface area contributed by atoms with Crippen molar-refractivity contribution in [2.45, 2.75) is 31.7 Å². The zero-order valence-electron chi connectivity index (χ0n) is 20.2. The van der Waals surface area contributed by atoms with Gasteiger partial charge >= 0.3 is 5.97 Å². The number of hydrazone groups is 1. The number of para-hydroxylation sites is 1. The smallest absolute Gasteiger partial charge is 0.303 e. The molecule has 1 aliphatic heterocycles. The van der Waals surface area contributed by atoms with Gasteiger partial charge in [0, 0.05) is 40.8 Å². The maximum atomic E-state index is 13.7. The van der Waals surface area contributed by atoms with E-state index in [0.717, 1.165) is 10.9 Å². The normalized spacial score (nSPS) is 15.1. The second-order valence-corrected chi connectivity index (χ2v) is 9.50. The van der Waals surface area contributed by atoms with Crippen LogP contribution in [0.3, 0.4) is 0 Å². The molecule has 1 aromatic heterocycles. The van der Waals surface area contributed by atoms with Crippen molar-refractivity contribution in [3.63, 3.8) is 0 Å². The van der Waals surface area contributed by atoms with E-state index in [1.165, 1.54) is 17.1 Å². The van der Waals surface area contributed by atoms with Gasteiger partial charge in [-0.15, -0.1) is 0 Å². The summed E-state index contributed by atoms with van der Waals surface area (Å²) >= 11 is 6.13. The number of aromatic amines is 1. The number of pyridine rings is 1. The minimum absolute atomic E-state index is 0.0289. The Balaban J connectivity index is 1.64. The summed E-state index contributed by atoms with van der Waals surface area (Å²) in [5, 5.41) is 16.2. The maximum Gasteiger partial charge on any atom is 0.303 e. The van der Waals surface area contributed by atoms with Crippen LogP contribution in [0.1, 0.15) is 42.9 Å². The number of rotatable bonds is 7. The number of carboxylic acid groups (broad SMARTS) is 1. The second kappa shape index (κ2) is 10.6. The molecule has 0 aliphatic carbocycles. The van der Waals surface area contributed by atoms with Crippen molar-refractivity contribution in [2.75, 3.05) is 0 Å². The molecule has 38 heavy (non-hydrogen) atoms. The molecule has 0 spiro atoms. The molecule has 2 N–H and O–H groups in total. The number of hydrogen-bond acceptors (Lipinski definition) is 4. The van der Waals surface area contributed by atoms with Crippen LogP contribution in [-0.2, 0) is 9.59 Å². The van der Waals surface area contributed by atoms with Gasteiger partial charge in [0.05, 0.1) is 17.3 Å². The molecule has 5 rings (SSSR count). The third kappa shape index (κ3) is 5.08. The van der Waals surface area contributed by atoms with Crippen molar-refractivity contribution in [3.05, 3.63) is 105 Å². The van der Waals surface area contributed by atoms with Gasteiger partial charge in [-0.3, -0.25) is 14.4 Å². The van der Waals surface area contributed by atoms with Crippen molar-refractivity contribution in [1.82, 2.24) is 9.99 Å². The fraction of sp³-hybridized carbons (Fsp3) is 0.172. The molecule has 3 aromatic carbocycles. The minimum Gasteiger partial charge on any atom is -0.481 e. The first-order chi connectivity index (χ1) is 18.3. The van der Waals surface area contributed by atoms with Crippen molar-refractivity contribution in [2.24, 2.45) is 5.10 Å². The molecule has 0 saturated heterocycles. The van der Waals surface area contributed by atoms with Gasteiger partial charge in [-0.2, -0.15) is 5.10 Å². The minimum atomic E-state index is -0.992. The van der Waals surface area contributed by atoms with E-state index in [0.29, 0.717) is 32.9 Å². The molecule has 7 nitrogen and oxygen atoms in total. The second-order valence-electron chi connectivity index (χ2n) is 9.06. The van der Waals surface area contributed by atoms with Gasteiger partial charge in [-0.25, -0.2) is 9.40 Å². The van der Waals surface area contributed by atoms with Gasteiger partial charge < -0.3 is 10.1 Å². The van der Waals surface area contributed by atoms with E-state index >= 15 is 0 Å². The first kappa shape index (κ1) is 25.4. The SMILES string of the molecule is O=C(O)CCCC(=O)N1N=C(c2c(-c3ccc(Cl)cc3)c3ccccc3[nH]c2=O)C[C@H]1c1ccc(F)cc1. The first-order valence-corrected chi connectivity index (χ1v) is 12.5. The highest BCUT2D eigenvalue weighted by molar-refractivity contribution is 6.30. The number of carboxylic acids is 1. The number of fused-ring (bicyclic) bond motifs is 1. The summed E-state index contributed by atoms with van der Waals surface area (Å²) < 4.78 is 13.7. The van der Waals surface area contributed by atoms with Crippen LogP contribution in [0.15, 0.2) is 82.7 Å². The van der Waals surface area contributed by atoms with Gasteiger partial charge in [-0.1, -0.05) is 54.1 Å². The molecule has 0 unspecified atom stereocenters. The van der Waals surface area contributed by atoms with E-state index in [9.17, 15) is 18.8 Å². The summed E-state index contributed by atoms with van der Waals surface area (Å²) in [6, 6.07) is 19.8. The largest absolute Gasteiger partial charge is 0.481 e. The average molecular weight is 532 g/mol. The summed E-state index contributed by atoms with van der Waals surface area (Å²) in [5.74, 6) is -1.78. The highest BCUT2D eigenvalue weighted by Gasteiger charge is 2.35. The molecule has 1 amide bonds. The lowest BCUT2D eigenvalue weighted by Crippen LogP contribution is -2.27. The number of nitrogens with zero attached hydrogens (tertiary/aromatic N) is 2. The van der Waals surface area contributed by atoms with Crippen molar-refractivity contribution < 1.29 is 19.1 Å². The maximum absolute atomic E-state index is 13.7. The Labute approximate surface area is 222 Å². The number of aromatic nitrogens is 1. The van der Waals surface area contributed by atoms with Crippen LogP contribution in [-0.4, -0.2) is 32.7 Å². The number of carbonyl (C=O) groups is 2. The molecular weight excluding hydrogens is 509 g/mol. The predicted octanol–water partition coefficient (Wildman–Crippen LogP) is 5.92. The molecule has 192 valence electrons. The molecule has 0 bridgehead atoms. The van der Waals surface area contributed by atoms with Gasteiger partial charge in [0.25, 0.3) is 5.56 Å². The summed E-state index contributed by atoms with van der Waals surface area (Å²) in [7, 11) is 0. The quantitative estimate of drug-likeness (QED) is 0.309. The number of hydrogen-bond donors (Lipinski definition) is 2. The number of halogens is 2. The third-order valence-electron chi connectivity index (χ3n) is 6.55. The van der Waals surface area contributed by atoms with E-state index in [2.05, 4.69) is 10.1 Å². The molecule has 4 aromatic rings. The molecule has 1 aliphatic rings. The van der Waals surface area contributed by atoms with Crippen LogP contribution in [0.25, 0.3) is 22.0 Å². The fourth-order valence-electron chi connectivity index (χ4n) is 4.78. The fourth-order valence-corrected chi connectivity index (χ4v) is 4.90. The van der Waals surface area contributed by atoms with Crippen LogP contribution in [0.2, 0.25) is 5.02 Å². The summed E-state index contributed by atoms with van der Waals surface area (Å²) in [6.07, 6.45) is 0.192. The van der Waals surface area contributed by atoms with E-state index in [1.807, 2.05) is 36.4 Å². The predicted molar refractivity (Wildman–Crippen MR) is 144 cm³/mol. The zero-order chi connectivity index (χ0) is 26.8. The van der Waals surface area contributed by atoms with E-state index in [4.69, 9.17) is 16.7 Å². The highest BCUT2D eigenvalue weighted by Crippen LogP contribution is 2.37. The molecule has 0 fully saturated rings. The van der Waals surface area contributed by atoms with Crippen LogP contribution >= 0.6 is 11.6 Å². The standard InChI is InChI=1S/C29H23ClFN3O4/c30-19-12-8-18(9-13-19)27-21-4-1-2-5-22(21)32-29(38)28(27)23-16-24(17-10-14-20(31)15-11-17)34(33-23)25(35)6-3-7-26(36)37/h1-2,4-5,8-15,24H,3,6-7,16H2,(H,32,38)(H,36,37)/t24-/m0/s1.